The molecule has 1 aliphatic heterocycles. The van der Waals surface area contributed by atoms with Crippen LogP contribution in [-0.4, -0.2) is 41.5 Å². The molecule has 6 nitrogen and oxygen atoms in total. The van der Waals surface area contributed by atoms with Gasteiger partial charge in [-0.25, -0.2) is 4.99 Å². The van der Waals surface area contributed by atoms with Gasteiger partial charge >= 0.3 is 0 Å². The summed E-state index contributed by atoms with van der Waals surface area (Å²) in [5, 5.41) is 11.4. The number of aromatic nitrogens is 2. The smallest absolute Gasteiger partial charge is 0.191 e. The number of guanidine groups is 1. The summed E-state index contributed by atoms with van der Waals surface area (Å²) < 4.78 is 7.76. The molecule has 1 aromatic heterocycles. The van der Waals surface area contributed by atoms with Gasteiger partial charge in [0.05, 0.1) is 24.9 Å². The molecule has 7 heteroatoms. The van der Waals surface area contributed by atoms with Gasteiger partial charge in [0.25, 0.3) is 0 Å². The normalized spacial score (nSPS) is 16.7. The monoisotopic (exact) mass is 497 g/mol. The lowest BCUT2D eigenvalue weighted by molar-refractivity contribution is 0.114. The zero-order valence-corrected chi connectivity index (χ0v) is 19.4. The summed E-state index contributed by atoms with van der Waals surface area (Å²) in [6.07, 6.45) is 2.57. The first-order valence-electron chi connectivity index (χ1n) is 9.88. The highest BCUT2D eigenvalue weighted by Gasteiger charge is 2.16. The van der Waals surface area contributed by atoms with Crippen molar-refractivity contribution in [3.63, 3.8) is 0 Å². The van der Waals surface area contributed by atoms with E-state index in [1.165, 1.54) is 16.8 Å². The lowest BCUT2D eigenvalue weighted by Gasteiger charge is -2.14. The van der Waals surface area contributed by atoms with Crippen molar-refractivity contribution in [2.75, 3.05) is 19.7 Å². The summed E-state index contributed by atoms with van der Waals surface area (Å²) in [4.78, 5) is 4.77. The van der Waals surface area contributed by atoms with Crippen LogP contribution in [-0.2, 0) is 17.8 Å². The molecular formula is C21H32IN5O. The van der Waals surface area contributed by atoms with E-state index in [0.29, 0.717) is 12.6 Å². The highest BCUT2D eigenvalue weighted by Crippen LogP contribution is 2.16. The molecule has 1 fully saturated rings. The van der Waals surface area contributed by atoms with Crippen molar-refractivity contribution >= 4 is 29.9 Å². The van der Waals surface area contributed by atoms with Crippen LogP contribution in [0.2, 0.25) is 0 Å². The van der Waals surface area contributed by atoms with Crippen LogP contribution in [0.4, 0.5) is 0 Å². The molecule has 1 atom stereocenters. The van der Waals surface area contributed by atoms with Crippen LogP contribution in [0.1, 0.15) is 42.3 Å². The minimum absolute atomic E-state index is 0. The van der Waals surface area contributed by atoms with E-state index in [9.17, 15) is 0 Å². The van der Waals surface area contributed by atoms with Crippen molar-refractivity contribution in [1.29, 1.82) is 0 Å². The predicted molar refractivity (Wildman–Crippen MR) is 124 cm³/mol. The molecule has 0 aliphatic carbocycles. The number of nitrogens with zero attached hydrogens (tertiary/aromatic N) is 3. The summed E-state index contributed by atoms with van der Waals surface area (Å²) in [7, 11) is 0. The van der Waals surface area contributed by atoms with Gasteiger partial charge < -0.3 is 15.4 Å². The summed E-state index contributed by atoms with van der Waals surface area (Å²) in [6, 6.07) is 10.4. The number of hydrogen-bond acceptors (Lipinski definition) is 3. The molecule has 0 bridgehead atoms. The topological polar surface area (TPSA) is 63.5 Å². The van der Waals surface area contributed by atoms with Crippen molar-refractivity contribution in [3.05, 3.63) is 52.8 Å². The van der Waals surface area contributed by atoms with E-state index in [1.54, 1.807) is 0 Å². The second-order valence-electron chi connectivity index (χ2n) is 7.00. The van der Waals surface area contributed by atoms with Crippen molar-refractivity contribution < 1.29 is 4.74 Å². The Morgan fingerprint density at radius 1 is 1.25 bits per heavy atom. The third-order valence-corrected chi connectivity index (χ3v) is 4.97. The Morgan fingerprint density at radius 3 is 2.71 bits per heavy atom. The summed E-state index contributed by atoms with van der Waals surface area (Å²) in [6.45, 7) is 10.2. The molecule has 3 rings (SSSR count). The molecule has 0 saturated carbocycles. The Morgan fingerprint density at radius 2 is 2.04 bits per heavy atom. The molecule has 1 saturated heterocycles. The first kappa shape index (κ1) is 22.7. The quantitative estimate of drug-likeness (QED) is 0.350. The van der Waals surface area contributed by atoms with Crippen molar-refractivity contribution in [1.82, 2.24) is 20.4 Å². The molecular weight excluding hydrogens is 465 g/mol. The second-order valence-corrected chi connectivity index (χ2v) is 7.00. The van der Waals surface area contributed by atoms with Gasteiger partial charge in [-0.2, -0.15) is 5.10 Å². The fourth-order valence-electron chi connectivity index (χ4n) is 3.39. The average molecular weight is 497 g/mol. The molecule has 1 unspecified atom stereocenters. The lowest BCUT2D eigenvalue weighted by Crippen LogP contribution is -2.41. The van der Waals surface area contributed by atoms with Gasteiger partial charge in [0.2, 0.25) is 0 Å². The number of aryl methyl sites for hydroxylation is 1. The first-order chi connectivity index (χ1) is 13.2. The molecule has 1 aliphatic rings. The van der Waals surface area contributed by atoms with E-state index in [0.717, 1.165) is 50.7 Å². The highest BCUT2D eigenvalue weighted by atomic mass is 127. The average Bonchev–Trinajstić information content (AvgIpc) is 3.28. The Bertz CT molecular complexity index is 754. The molecule has 2 aromatic rings. The van der Waals surface area contributed by atoms with Gasteiger partial charge in [-0.05, 0) is 39.2 Å². The Labute approximate surface area is 185 Å². The van der Waals surface area contributed by atoms with E-state index in [2.05, 4.69) is 60.4 Å². The number of ether oxygens (including phenoxy) is 1. The SMILES string of the molecule is CCNC(=NCc1c(C)nn(Cc2ccccc2)c1C)NCC1CCCO1.I. The third-order valence-electron chi connectivity index (χ3n) is 4.97. The fraction of sp³-hybridized carbons (Fsp3) is 0.524. The zero-order chi connectivity index (χ0) is 19.1. The van der Waals surface area contributed by atoms with Crippen LogP contribution < -0.4 is 10.6 Å². The molecule has 28 heavy (non-hydrogen) atoms. The van der Waals surface area contributed by atoms with Gasteiger partial charge in [0.1, 0.15) is 0 Å². The van der Waals surface area contributed by atoms with E-state index >= 15 is 0 Å². The molecule has 154 valence electrons. The maximum atomic E-state index is 5.68. The maximum Gasteiger partial charge on any atom is 0.191 e. The number of hydrogen-bond donors (Lipinski definition) is 2. The van der Waals surface area contributed by atoms with Crippen LogP contribution in [0.25, 0.3) is 0 Å². The number of rotatable bonds is 7. The molecule has 0 radical (unpaired) electrons. The van der Waals surface area contributed by atoms with E-state index in [-0.39, 0.29) is 24.0 Å². The molecule has 2 N–H and O–H groups in total. The zero-order valence-electron chi connectivity index (χ0n) is 17.1. The first-order valence-corrected chi connectivity index (χ1v) is 9.88. The summed E-state index contributed by atoms with van der Waals surface area (Å²) in [5.41, 5.74) is 4.67. The molecule has 0 amide bonds. The van der Waals surface area contributed by atoms with Gasteiger partial charge in [-0.3, -0.25) is 4.68 Å². The van der Waals surface area contributed by atoms with Crippen LogP contribution in [0.5, 0.6) is 0 Å². The van der Waals surface area contributed by atoms with E-state index in [1.807, 2.05) is 6.07 Å². The Hall–Kier alpha value is -1.61. The Kier molecular flexibility index (Phi) is 9.24. The third kappa shape index (κ3) is 6.20. The Balaban J connectivity index is 0.00000280. The van der Waals surface area contributed by atoms with Crippen molar-refractivity contribution in [2.45, 2.75) is 52.8 Å². The number of nitrogens with one attached hydrogen (secondary N) is 2. The molecule has 0 spiro atoms. The summed E-state index contributed by atoms with van der Waals surface area (Å²) >= 11 is 0. The molecule has 1 aromatic carbocycles. The standard InChI is InChI=1S/C21H31N5O.HI/c1-4-22-21(23-13-19-11-8-12-27-19)24-14-20-16(2)25-26(17(20)3)15-18-9-6-5-7-10-18;/h5-7,9-10,19H,4,8,11-15H2,1-3H3,(H2,22,23,24);1H. The van der Waals surface area contributed by atoms with Crippen LogP contribution in [0, 0.1) is 13.8 Å². The largest absolute Gasteiger partial charge is 0.376 e. The highest BCUT2D eigenvalue weighted by molar-refractivity contribution is 14.0. The van der Waals surface area contributed by atoms with E-state index in [4.69, 9.17) is 14.8 Å². The summed E-state index contributed by atoms with van der Waals surface area (Å²) in [5.74, 6) is 0.836. The number of halogens is 1. The van der Waals surface area contributed by atoms with E-state index < -0.39 is 0 Å². The van der Waals surface area contributed by atoms with Crippen LogP contribution in [0.3, 0.4) is 0 Å². The predicted octanol–water partition coefficient (Wildman–Crippen LogP) is 3.40. The molecule has 2 heterocycles. The van der Waals surface area contributed by atoms with Crippen LogP contribution >= 0.6 is 24.0 Å². The minimum Gasteiger partial charge on any atom is -0.376 e. The van der Waals surface area contributed by atoms with Gasteiger partial charge in [0, 0.05) is 31.0 Å². The maximum absolute atomic E-state index is 5.68. The number of benzene rings is 1. The lowest BCUT2D eigenvalue weighted by atomic mass is 10.2. The van der Waals surface area contributed by atoms with Gasteiger partial charge in [-0.1, -0.05) is 30.3 Å². The minimum atomic E-state index is 0. The van der Waals surface area contributed by atoms with Crippen molar-refractivity contribution in [3.8, 4) is 0 Å². The van der Waals surface area contributed by atoms with Gasteiger partial charge in [-0.15, -0.1) is 24.0 Å². The van der Waals surface area contributed by atoms with Crippen molar-refractivity contribution in [2.24, 2.45) is 4.99 Å². The number of aliphatic imine (C=N–C) groups is 1. The van der Waals surface area contributed by atoms with Gasteiger partial charge in [0.15, 0.2) is 5.96 Å². The fourth-order valence-corrected chi connectivity index (χ4v) is 3.39. The second kappa shape index (κ2) is 11.4. The van der Waals surface area contributed by atoms with Crippen LogP contribution in [0.15, 0.2) is 35.3 Å².